The summed E-state index contributed by atoms with van der Waals surface area (Å²) < 4.78 is 7.44. The van der Waals surface area contributed by atoms with E-state index in [9.17, 15) is 0 Å². The summed E-state index contributed by atoms with van der Waals surface area (Å²) in [6, 6.07) is 8.90. The smallest absolute Gasteiger partial charge is 0.137 e. The van der Waals surface area contributed by atoms with E-state index in [0.717, 1.165) is 18.7 Å². The summed E-state index contributed by atoms with van der Waals surface area (Å²) in [4.78, 5) is 3.98. The molecule has 2 aromatic rings. The van der Waals surface area contributed by atoms with Crippen LogP contribution >= 0.6 is 0 Å². The Labute approximate surface area is 125 Å². The molecule has 2 unspecified atom stereocenters. The summed E-state index contributed by atoms with van der Waals surface area (Å²) in [5, 5.41) is 7.78. The molecule has 2 atom stereocenters. The molecule has 3 rings (SSSR count). The van der Waals surface area contributed by atoms with Gasteiger partial charge in [0.1, 0.15) is 12.7 Å². The normalized spacial score (nSPS) is 22.1. The van der Waals surface area contributed by atoms with Crippen molar-refractivity contribution < 1.29 is 4.74 Å². The van der Waals surface area contributed by atoms with E-state index in [4.69, 9.17) is 4.74 Å². The molecule has 0 amide bonds. The summed E-state index contributed by atoms with van der Waals surface area (Å²) in [5.74, 6) is 0. The number of ether oxygens (including phenoxy) is 1. The van der Waals surface area contributed by atoms with Gasteiger partial charge in [0.25, 0.3) is 0 Å². The van der Waals surface area contributed by atoms with Gasteiger partial charge in [-0.1, -0.05) is 25.0 Å². The maximum Gasteiger partial charge on any atom is 0.137 e. The molecule has 112 valence electrons. The van der Waals surface area contributed by atoms with Gasteiger partial charge in [-0.25, -0.2) is 9.67 Å². The Hall–Kier alpha value is -1.88. The van der Waals surface area contributed by atoms with Gasteiger partial charge in [0.15, 0.2) is 0 Å². The second kappa shape index (κ2) is 6.72. The molecule has 0 bridgehead atoms. The molecule has 1 heterocycles. The molecule has 21 heavy (non-hydrogen) atoms. The minimum absolute atomic E-state index is 0.317. The van der Waals surface area contributed by atoms with Crippen LogP contribution in [0, 0.1) is 0 Å². The van der Waals surface area contributed by atoms with E-state index in [1.54, 1.807) is 12.7 Å². The van der Waals surface area contributed by atoms with Gasteiger partial charge < -0.3 is 10.1 Å². The maximum absolute atomic E-state index is 5.61. The predicted octanol–water partition coefficient (Wildman–Crippen LogP) is 2.70. The fourth-order valence-corrected chi connectivity index (χ4v) is 3.02. The number of nitrogens with zero attached hydrogens (tertiary/aromatic N) is 3. The second-order valence-corrected chi connectivity index (χ2v) is 5.60. The zero-order valence-electron chi connectivity index (χ0n) is 12.4. The van der Waals surface area contributed by atoms with Crippen LogP contribution in [-0.2, 0) is 11.3 Å². The fourth-order valence-electron chi connectivity index (χ4n) is 3.02. The Kier molecular flexibility index (Phi) is 4.50. The first-order valence-electron chi connectivity index (χ1n) is 7.56. The molecule has 1 aliphatic carbocycles. The molecule has 1 fully saturated rings. The summed E-state index contributed by atoms with van der Waals surface area (Å²) in [6.45, 7) is 0.744. The summed E-state index contributed by atoms with van der Waals surface area (Å²) in [7, 11) is 1.81. The molecule has 0 radical (unpaired) electrons. The van der Waals surface area contributed by atoms with Crippen LogP contribution in [0.25, 0.3) is 0 Å². The van der Waals surface area contributed by atoms with Crippen LogP contribution in [0.3, 0.4) is 0 Å². The number of benzene rings is 1. The van der Waals surface area contributed by atoms with Crippen LogP contribution in [0.15, 0.2) is 36.9 Å². The molecule has 0 saturated heterocycles. The Balaban J connectivity index is 1.67. The van der Waals surface area contributed by atoms with Crippen molar-refractivity contribution in [2.75, 3.05) is 12.4 Å². The van der Waals surface area contributed by atoms with Crippen molar-refractivity contribution in [3.63, 3.8) is 0 Å². The van der Waals surface area contributed by atoms with Crippen LogP contribution in [-0.4, -0.2) is 34.0 Å². The monoisotopic (exact) mass is 286 g/mol. The molecule has 5 heteroatoms. The summed E-state index contributed by atoms with van der Waals surface area (Å²) >= 11 is 0. The van der Waals surface area contributed by atoms with Crippen molar-refractivity contribution in [2.24, 2.45) is 0 Å². The Morgan fingerprint density at radius 1 is 1.33 bits per heavy atom. The number of nitrogens with one attached hydrogen (secondary N) is 1. The fraction of sp³-hybridized carbons (Fsp3) is 0.500. The standard InChI is InChI=1S/C16H22N4O/c1-21-16-8-3-2-7-15(16)19-14-6-4-5-13(9-14)10-20-12-17-11-18-20/h4-6,9,11-12,15-16,19H,2-3,7-8,10H2,1H3. The number of anilines is 1. The van der Waals surface area contributed by atoms with Crippen LogP contribution in [0.2, 0.25) is 0 Å². The zero-order valence-corrected chi connectivity index (χ0v) is 12.4. The zero-order chi connectivity index (χ0) is 14.5. The third-order valence-electron chi connectivity index (χ3n) is 4.10. The Morgan fingerprint density at radius 3 is 3.05 bits per heavy atom. The van der Waals surface area contributed by atoms with E-state index < -0.39 is 0 Å². The molecule has 0 spiro atoms. The largest absolute Gasteiger partial charge is 0.380 e. The number of rotatable bonds is 5. The van der Waals surface area contributed by atoms with E-state index in [1.165, 1.54) is 24.8 Å². The molecular formula is C16H22N4O. The van der Waals surface area contributed by atoms with Crippen molar-refractivity contribution in [3.05, 3.63) is 42.5 Å². The second-order valence-electron chi connectivity index (χ2n) is 5.60. The van der Waals surface area contributed by atoms with E-state index in [2.05, 4.69) is 39.7 Å². The molecule has 1 aromatic carbocycles. The van der Waals surface area contributed by atoms with E-state index in [1.807, 2.05) is 11.8 Å². The van der Waals surface area contributed by atoms with Gasteiger partial charge >= 0.3 is 0 Å². The van der Waals surface area contributed by atoms with Gasteiger partial charge in [-0.3, -0.25) is 0 Å². The average molecular weight is 286 g/mol. The molecule has 0 aliphatic heterocycles. The lowest BCUT2D eigenvalue weighted by Gasteiger charge is -2.31. The first-order chi connectivity index (χ1) is 10.3. The lowest BCUT2D eigenvalue weighted by molar-refractivity contribution is 0.0606. The topological polar surface area (TPSA) is 52.0 Å². The number of methoxy groups -OCH3 is 1. The minimum atomic E-state index is 0.317. The summed E-state index contributed by atoms with van der Waals surface area (Å²) in [5.41, 5.74) is 2.37. The van der Waals surface area contributed by atoms with Crippen molar-refractivity contribution >= 4 is 5.69 Å². The SMILES string of the molecule is COC1CCCCC1Nc1cccc(Cn2cncn2)c1. The predicted molar refractivity (Wildman–Crippen MR) is 82.2 cm³/mol. The average Bonchev–Trinajstić information content (AvgIpc) is 3.01. The van der Waals surface area contributed by atoms with Gasteiger partial charge in [-0.15, -0.1) is 0 Å². The molecule has 5 nitrogen and oxygen atoms in total. The number of aromatic nitrogens is 3. The van der Waals surface area contributed by atoms with Gasteiger partial charge in [0.2, 0.25) is 0 Å². The molecule has 1 saturated carbocycles. The lowest BCUT2D eigenvalue weighted by atomic mass is 9.92. The van der Waals surface area contributed by atoms with E-state index in [-0.39, 0.29) is 0 Å². The molecule has 1 N–H and O–H groups in total. The van der Waals surface area contributed by atoms with Crippen LogP contribution in [0.4, 0.5) is 5.69 Å². The van der Waals surface area contributed by atoms with Crippen LogP contribution < -0.4 is 5.32 Å². The summed E-state index contributed by atoms with van der Waals surface area (Å²) in [6.07, 6.45) is 8.48. The molecular weight excluding hydrogens is 264 g/mol. The van der Waals surface area contributed by atoms with Gasteiger partial charge in [0, 0.05) is 12.8 Å². The van der Waals surface area contributed by atoms with Crippen molar-refractivity contribution in [2.45, 2.75) is 44.4 Å². The highest BCUT2D eigenvalue weighted by molar-refractivity contribution is 5.47. The van der Waals surface area contributed by atoms with Crippen LogP contribution in [0.1, 0.15) is 31.2 Å². The van der Waals surface area contributed by atoms with Gasteiger partial charge in [-0.2, -0.15) is 5.10 Å². The number of hydrogen-bond donors (Lipinski definition) is 1. The number of hydrogen-bond acceptors (Lipinski definition) is 4. The maximum atomic E-state index is 5.61. The minimum Gasteiger partial charge on any atom is -0.380 e. The highest BCUT2D eigenvalue weighted by atomic mass is 16.5. The Morgan fingerprint density at radius 2 is 2.24 bits per heavy atom. The van der Waals surface area contributed by atoms with Gasteiger partial charge in [-0.05, 0) is 30.5 Å². The van der Waals surface area contributed by atoms with Crippen molar-refractivity contribution in [3.8, 4) is 0 Å². The lowest BCUT2D eigenvalue weighted by Crippen LogP contribution is -2.37. The molecule has 1 aliphatic rings. The van der Waals surface area contributed by atoms with Crippen molar-refractivity contribution in [1.82, 2.24) is 14.8 Å². The third kappa shape index (κ3) is 3.61. The van der Waals surface area contributed by atoms with Crippen molar-refractivity contribution in [1.29, 1.82) is 0 Å². The van der Waals surface area contributed by atoms with Crippen LogP contribution in [0.5, 0.6) is 0 Å². The van der Waals surface area contributed by atoms with E-state index >= 15 is 0 Å². The first kappa shape index (κ1) is 14.1. The first-order valence-corrected chi connectivity index (χ1v) is 7.56. The quantitative estimate of drug-likeness (QED) is 0.918. The highest BCUT2D eigenvalue weighted by Gasteiger charge is 2.24. The highest BCUT2D eigenvalue weighted by Crippen LogP contribution is 2.24. The third-order valence-corrected chi connectivity index (χ3v) is 4.10. The molecule has 1 aromatic heterocycles. The van der Waals surface area contributed by atoms with Gasteiger partial charge in [0.05, 0.1) is 18.7 Å². The van der Waals surface area contributed by atoms with E-state index in [0.29, 0.717) is 12.1 Å². The Bertz CT molecular complexity index is 555.